The summed E-state index contributed by atoms with van der Waals surface area (Å²) in [5.74, 6) is -0.814. The summed E-state index contributed by atoms with van der Waals surface area (Å²) in [6, 6.07) is 19.6. The minimum atomic E-state index is -0.984. The molecule has 0 spiro atoms. The van der Waals surface area contributed by atoms with Gasteiger partial charge in [-0.25, -0.2) is 4.79 Å². The third-order valence-electron chi connectivity index (χ3n) is 4.60. The Hall–Kier alpha value is -2.13. The molecule has 21 heavy (non-hydrogen) atoms. The monoisotopic (exact) mass is 281 g/mol. The molecule has 1 aliphatic rings. The van der Waals surface area contributed by atoms with Crippen LogP contribution in [0.1, 0.15) is 23.5 Å². The summed E-state index contributed by atoms with van der Waals surface area (Å²) in [4.78, 5) is 14.3. The first-order valence-electron chi connectivity index (χ1n) is 7.22. The summed E-state index contributed by atoms with van der Waals surface area (Å²) in [6.07, 6.45) is 0.849. The highest BCUT2D eigenvalue weighted by molar-refractivity contribution is 5.83. The van der Waals surface area contributed by atoms with Crippen LogP contribution in [0.2, 0.25) is 0 Å². The molecule has 0 aliphatic carbocycles. The molecule has 1 unspecified atom stereocenters. The number of hydrogen-bond acceptors (Lipinski definition) is 2. The van der Waals surface area contributed by atoms with Gasteiger partial charge in [-0.3, -0.25) is 4.90 Å². The van der Waals surface area contributed by atoms with Crippen LogP contribution in [0.3, 0.4) is 0 Å². The highest BCUT2D eigenvalue weighted by Crippen LogP contribution is 2.48. The molecular formula is C18H19NO2. The minimum absolute atomic E-state index is 0.0383. The Balaban J connectivity index is 2.18. The lowest BCUT2D eigenvalue weighted by atomic mass is 9.75. The minimum Gasteiger partial charge on any atom is -0.480 e. The van der Waals surface area contributed by atoms with Crippen molar-refractivity contribution in [3.05, 3.63) is 71.8 Å². The van der Waals surface area contributed by atoms with Crippen LogP contribution in [0.4, 0.5) is 0 Å². The molecule has 2 aromatic carbocycles. The molecule has 3 rings (SSSR count). The summed E-state index contributed by atoms with van der Waals surface area (Å²) in [5, 5.41) is 10.1. The van der Waals surface area contributed by atoms with Crippen molar-refractivity contribution >= 4 is 5.97 Å². The molecule has 0 aromatic heterocycles. The van der Waals surface area contributed by atoms with Gasteiger partial charge in [-0.05, 0) is 31.1 Å². The number of carboxylic acids is 1. The fourth-order valence-electron chi connectivity index (χ4n) is 3.62. The lowest BCUT2D eigenvalue weighted by molar-refractivity contribution is -0.150. The maximum absolute atomic E-state index is 12.3. The van der Waals surface area contributed by atoms with E-state index in [-0.39, 0.29) is 5.92 Å². The number of nitrogens with zero attached hydrogens (tertiary/aromatic N) is 1. The van der Waals surface area contributed by atoms with Crippen LogP contribution in [0.25, 0.3) is 0 Å². The Morgan fingerprint density at radius 3 is 2.24 bits per heavy atom. The van der Waals surface area contributed by atoms with E-state index >= 15 is 0 Å². The number of benzene rings is 2. The third-order valence-corrected chi connectivity index (χ3v) is 4.60. The van der Waals surface area contributed by atoms with Crippen LogP contribution in [-0.2, 0) is 10.3 Å². The quantitative estimate of drug-likeness (QED) is 0.940. The molecule has 3 heteroatoms. The smallest absolute Gasteiger partial charge is 0.329 e. The van der Waals surface area contributed by atoms with Gasteiger partial charge in [0.05, 0.1) is 0 Å². The molecular weight excluding hydrogens is 262 g/mol. The first-order chi connectivity index (χ1) is 10.2. The van der Waals surface area contributed by atoms with Crippen LogP contribution >= 0.6 is 0 Å². The maximum atomic E-state index is 12.3. The molecule has 108 valence electrons. The van der Waals surface area contributed by atoms with E-state index in [9.17, 15) is 9.90 Å². The zero-order valence-electron chi connectivity index (χ0n) is 12.1. The summed E-state index contributed by atoms with van der Waals surface area (Å²) in [6.45, 7) is 0.779. The predicted octanol–water partition coefficient (Wildman–Crippen LogP) is 3.09. The van der Waals surface area contributed by atoms with Gasteiger partial charge in [0.15, 0.2) is 5.54 Å². The van der Waals surface area contributed by atoms with Crippen LogP contribution in [0.5, 0.6) is 0 Å². The standard InChI is InChI=1S/C18H19NO2/c1-19-13-12-16(14-8-4-2-5-9-14)18(19,17(20)21)15-10-6-3-7-11-15/h2-11,16H,12-13H2,1H3,(H,20,21)/t16?,18-/m1/s1. The average Bonchev–Trinajstić information content (AvgIpc) is 2.87. The van der Waals surface area contributed by atoms with Gasteiger partial charge < -0.3 is 5.11 Å². The summed E-state index contributed by atoms with van der Waals surface area (Å²) >= 11 is 0. The molecule has 2 aromatic rings. The molecule has 1 heterocycles. The van der Waals surface area contributed by atoms with E-state index in [1.165, 1.54) is 0 Å². The Bertz CT molecular complexity index is 626. The topological polar surface area (TPSA) is 40.5 Å². The number of aliphatic carboxylic acids is 1. The van der Waals surface area contributed by atoms with Crippen molar-refractivity contribution < 1.29 is 9.90 Å². The van der Waals surface area contributed by atoms with Crippen molar-refractivity contribution in [3.63, 3.8) is 0 Å². The third kappa shape index (κ3) is 2.05. The number of carbonyl (C=O) groups is 1. The van der Waals surface area contributed by atoms with E-state index in [0.717, 1.165) is 24.1 Å². The van der Waals surface area contributed by atoms with Gasteiger partial charge in [0.1, 0.15) is 0 Å². The van der Waals surface area contributed by atoms with Crippen molar-refractivity contribution in [3.8, 4) is 0 Å². The first kappa shape index (κ1) is 13.8. The summed E-state index contributed by atoms with van der Waals surface area (Å²) in [5.41, 5.74) is 0.960. The first-order valence-corrected chi connectivity index (χ1v) is 7.22. The Kier molecular flexibility index (Phi) is 3.52. The molecule has 1 aliphatic heterocycles. The number of likely N-dealkylation sites (tertiary alicyclic amines) is 1. The van der Waals surface area contributed by atoms with Crippen molar-refractivity contribution in [2.24, 2.45) is 0 Å². The predicted molar refractivity (Wildman–Crippen MR) is 82.2 cm³/mol. The molecule has 2 atom stereocenters. The molecule has 3 nitrogen and oxygen atoms in total. The Labute approximate surface area is 124 Å². The molecule has 1 fully saturated rings. The Morgan fingerprint density at radius 1 is 1.10 bits per heavy atom. The van der Waals surface area contributed by atoms with E-state index < -0.39 is 11.5 Å². The lowest BCUT2D eigenvalue weighted by Crippen LogP contribution is -2.49. The molecule has 1 saturated heterocycles. The second-order valence-corrected chi connectivity index (χ2v) is 5.61. The fourth-order valence-corrected chi connectivity index (χ4v) is 3.62. The van der Waals surface area contributed by atoms with E-state index in [1.807, 2.05) is 72.6 Å². The highest BCUT2D eigenvalue weighted by atomic mass is 16.4. The molecule has 0 bridgehead atoms. The zero-order chi connectivity index (χ0) is 14.9. The second kappa shape index (κ2) is 5.34. The van der Waals surface area contributed by atoms with Crippen molar-refractivity contribution in [1.29, 1.82) is 0 Å². The molecule has 0 saturated carbocycles. The number of likely N-dealkylation sites (N-methyl/N-ethyl adjacent to an activating group) is 1. The lowest BCUT2D eigenvalue weighted by Gasteiger charge is -2.37. The Morgan fingerprint density at radius 2 is 1.67 bits per heavy atom. The number of hydrogen-bond donors (Lipinski definition) is 1. The van der Waals surface area contributed by atoms with Gasteiger partial charge in [-0.15, -0.1) is 0 Å². The molecule has 0 amide bonds. The van der Waals surface area contributed by atoms with E-state index in [4.69, 9.17) is 0 Å². The zero-order valence-corrected chi connectivity index (χ0v) is 12.1. The van der Waals surface area contributed by atoms with Crippen LogP contribution in [-0.4, -0.2) is 29.6 Å². The highest BCUT2D eigenvalue weighted by Gasteiger charge is 2.54. The number of rotatable bonds is 3. The summed E-state index contributed by atoms with van der Waals surface area (Å²) < 4.78 is 0. The van der Waals surface area contributed by atoms with Gasteiger partial charge in [0, 0.05) is 5.92 Å². The SMILES string of the molecule is CN1CCC(c2ccccc2)[C@@]1(C(=O)O)c1ccccc1. The van der Waals surface area contributed by atoms with Crippen LogP contribution < -0.4 is 0 Å². The van der Waals surface area contributed by atoms with Gasteiger partial charge in [0.25, 0.3) is 0 Å². The fraction of sp³-hybridized carbons (Fsp3) is 0.278. The molecule has 1 N–H and O–H groups in total. The van der Waals surface area contributed by atoms with E-state index in [0.29, 0.717) is 0 Å². The summed E-state index contributed by atoms with van der Waals surface area (Å²) in [7, 11) is 1.91. The van der Waals surface area contributed by atoms with Crippen LogP contribution in [0.15, 0.2) is 60.7 Å². The van der Waals surface area contributed by atoms with Crippen molar-refractivity contribution in [2.45, 2.75) is 17.9 Å². The second-order valence-electron chi connectivity index (χ2n) is 5.61. The van der Waals surface area contributed by atoms with Gasteiger partial charge in [-0.1, -0.05) is 60.7 Å². The largest absolute Gasteiger partial charge is 0.480 e. The average molecular weight is 281 g/mol. The number of carboxylic acid groups (broad SMARTS) is 1. The van der Waals surface area contributed by atoms with Crippen molar-refractivity contribution in [1.82, 2.24) is 4.90 Å². The van der Waals surface area contributed by atoms with Gasteiger partial charge in [0.2, 0.25) is 0 Å². The van der Waals surface area contributed by atoms with Gasteiger partial charge in [-0.2, -0.15) is 0 Å². The van der Waals surface area contributed by atoms with Crippen LogP contribution in [0, 0.1) is 0 Å². The maximum Gasteiger partial charge on any atom is 0.329 e. The van der Waals surface area contributed by atoms with E-state index in [2.05, 4.69) is 0 Å². The normalized spacial score (nSPS) is 25.9. The van der Waals surface area contributed by atoms with E-state index in [1.54, 1.807) is 0 Å². The van der Waals surface area contributed by atoms with Crippen molar-refractivity contribution in [2.75, 3.05) is 13.6 Å². The molecule has 0 radical (unpaired) electrons. The van der Waals surface area contributed by atoms with Gasteiger partial charge >= 0.3 is 5.97 Å².